The topological polar surface area (TPSA) is 0 Å². The Morgan fingerprint density at radius 2 is 2.38 bits per heavy atom. The molecule has 0 aliphatic carbocycles. The van der Waals surface area contributed by atoms with Gasteiger partial charge in [0.1, 0.15) is 0 Å². The molecule has 0 spiro atoms. The van der Waals surface area contributed by atoms with E-state index in [1.807, 2.05) is 13.0 Å². The fourth-order valence-corrected chi connectivity index (χ4v) is 0.504. The van der Waals surface area contributed by atoms with Crippen molar-refractivity contribution < 1.29 is 0 Å². The second-order valence-electron chi connectivity index (χ2n) is 1.69. The first-order chi connectivity index (χ1) is 3.81. The summed E-state index contributed by atoms with van der Waals surface area (Å²) in [4.78, 5) is 0. The van der Waals surface area contributed by atoms with E-state index in [9.17, 15) is 0 Å². The molecule has 1 radical (unpaired) electrons. The Morgan fingerprint density at radius 1 is 1.75 bits per heavy atom. The molecule has 0 fully saturated rings. The number of alkyl halides is 1. The molecule has 0 amide bonds. The van der Waals surface area contributed by atoms with Gasteiger partial charge in [0.2, 0.25) is 0 Å². The Morgan fingerprint density at radius 3 is 2.75 bits per heavy atom. The molecule has 0 aromatic heterocycles. The average molecular weight is 132 g/mol. The van der Waals surface area contributed by atoms with E-state index >= 15 is 0 Å². The number of allylic oxidation sites excluding steroid dienone is 2. The fourth-order valence-electron chi connectivity index (χ4n) is 0.402. The molecule has 1 unspecified atom stereocenters. The molecule has 47 valence electrons. The van der Waals surface area contributed by atoms with Crippen LogP contribution in [0.5, 0.6) is 0 Å². The van der Waals surface area contributed by atoms with Gasteiger partial charge in [-0.15, -0.1) is 11.6 Å². The first-order valence-corrected chi connectivity index (χ1v) is 3.29. The van der Waals surface area contributed by atoms with Crippen LogP contribution in [0.2, 0.25) is 0 Å². The lowest BCUT2D eigenvalue weighted by molar-refractivity contribution is 0.876. The van der Waals surface area contributed by atoms with Crippen molar-refractivity contribution in [3.8, 4) is 0 Å². The monoisotopic (exact) mass is 131 g/mol. The summed E-state index contributed by atoms with van der Waals surface area (Å²) in [5, 5.41) is 0.228. The smallest absolute Gasteiger partial charge is 0.0370 e. The van der Waals surface area contributed by atoms with Crippen molar-refractivity contribution in [3.63, 3.8) is 0 Å². The maximum absolute atomic E-state index is 5.73. The first-order valence-electron chi connectivity index (χ1n) is 2.85. The number of hydrogen-bond acceptors (Lipinski definition) is 0. The summed E-state index contributed by atoms with van der Waals surface area (Å²) >= 11 is 5.73. The highest BCUT2D eigenvalue weighted by Gasteiger charge is 1.94. The van der Waals surface area contributed by atoms with Crippen LogP contribution in [0.3, 0.4) is 0 Å². The van der Waals surface area contributed by atoms with Crippen molar-refractivity contribution >= 4 is 11.6 Å². The van der Waals surface area contributed by atoms with Crippen LogP contribution >= 0.6 is 11.6 Å². The van der Waals surface area contributed by atoms with Crippen molar-refractivity contribution in [1.82, 2.24) is 0 Å². The normalized spacial score (nSPS) is 14.9. The van der Waals surface area contributed by atoms with E-state index in [0.717, 1.165) is 12.8 Å². The lowest BCUT2D eigenvalue weighted by atomic mass is 10.2. The zero-order valence-electron chi connectivity index (χ0n) is 5.23. The Hall–Kier alpha value is 0.0300. The number of hydrogen-bond donors (Lipinski definition) is 0. The summed E-state index contributed by atoms with van der Waals surface area (Å²) in [6.07, 6.45) is 5.82. The van der Waals surface area contributed by atoms with Crippen LogP contribution in [-0.2, 0) is 0 Å². The molecule has 8 heavy (non-hydrogen) atoms. The quantitative estimate of drug-likeness (QED) is 0.408. The lowest BCUT2D eigenvalue weighted by Gasteiger charge is -1.97. The molecule has 1 atom stereocenters. The zero-order valence-corrected chi connectivity index (χ0v) is 5.99. The molecule has 0 nitrogen and oxygen atoms in total. The van der Waals surface area contributed by atoms with E-state index in [0.29, 0.717) is 0 Å². The lowest BCUT2D eigenvalue weighted by Crippen LogP contribution is -1.91. The van der Waals surface area contributed by atoms with E-state index in [4.69, 9.17) is 11.6 Å². The van der Waals surface area contributed by atoms with Gasteiger partial charge in [-0.05, 0) is 19.8 Å². The van der Waals surface area contributed by atoms with Gasteiger partial charge in [0.15, 0.2) is 0 Å². The minimum atomic E-state index is 0.228. The fraction of sp³-hybridized carbons (Fsp3) is 0.571. The van der Waals surface area contributed by atoms with E-state index in [2.05, 4.69) is 13.0 Å². The van der Waals surface area contributed by atoms with Crippen LogP contribution in [0, 0.1) is 6.92 Å². The standard InChI is InChI=1S/C7H12Cl/c1-3-5-6-7(8)4-2/h3,5,7H,2,4,6H2,1H3. The first kappa shape index (κ1) is 8.03. The van der Waals surface area contributed by atoms with Gasteiger partial charge in [0.05, 0.1) is 0 Å². The molecular formula is C7H12Cl. The van der Waals surface area contributed by atoms with Crippen molar-refractivity contribution in [2.24, 2.45) is 0 Å². The highest BCUT2D eigenvalue weighted by Crippen LogP contribution is 2.05. The minimum Gasteiger partial charge on any atom is -0.123 e. The molecule has 0 saturated carbocycles. The molecule has 0 aromatic rings. The summed E-state index contributed by atoms with van der Waals surface area (Å²) in [7, 11) is 0. The Balaban J connectivity index is 3.10. The van der Waals surface area contributed by atoms with Crippen LogP contribution < -0.4 is 0 Å². The van der Waals surface area contributed by atoms with E-state index in [1.165, 1.54) is 0 Å². The van der Waals surface area contributed by atoms with Crippen molar-refractivity contribution in [2.45, 2.75) is 25.1 Å². The second-order valence-corrected chi connectivity index (χ2v) is 2.31. The van der Waals surface area contributed by atoms with E-state index < -0.39 is 0 Å². The third-order valence-corrected chi connectivity index (χ3v) is 1.34. The molecule has 0 bridgehead atoms. The second kappa shape index (κ2) is 5.17. The third kappa shape index (κ3) is 4.20. The van der Waals surface area contributed by atoms with Crippen molar-refractivity contribution in [3.05, 3.63) is 19.1 Å². The number of halogens is 1. The summed E-state index contributed by atoms with van der Waals surface area (Å²) in [5.74, 6) is 0. The molecule has 0 heterocycles. The van der Waals surface area contributed by atoms with Crippen LogP contribution in [0.25, 0.3) is 0 Å². The molecule has 1 heteroatoms. The predicted octanol–water partition coefficient (Wildman–Crippen LogP) is 2.78. The van der Waals surface area contributed by atoms with Crippen LogP contribution in [0.15, 0.2) is 12.2 Å². The van der Waals surface area contributed by atoms with Gasteiger partial charge in [-0.1, -0.05) is 19.1 Å². The maximum Gasteiger partial charge on any atom is 0.0370 e. The highest BCUT2D eigenvalue weighted by atomic mass is 35.5. The van der Waals surface area contributed by atoms with Crippen LogP contribution in [0.4, 0.5) is 0 Å². The molecule has 0 aliphatic rings. The van der Waals surface area contributed by atoms with Gasteiger partial charge in [0.25, 0.3) is 0 Å². The van der Waals surface area contributed by atoms with E-state index in [1.54, 1.807) is 0 Å². The average Bonchev–Trinajstić information content (AvgIpc) is 1.83. The van der Waals surface area contributed by atoms with Gasteiger partial charge in [-0.3, -0.25) is 0 Å². The van der Waals surface area contributed by atoms with E-state index in [-0.39, 0.29) is 5.38 Å². The molecule has 0 rings (SSSR count). The van der Waals surface area contributed by atoms with Gasteiger partial charge >= 0.3 is 0 Å². The Bertz CT molecular complexity index is 66.8. The summed E-state index contributed by atoms with van der Waals surface area (Å²) < 4.78 is 0. The van der Waals surface area contributed by atoms with Crippen molar-refractivity contribution in [1.29, 1.82) is 0 Å². The maximum atomic E-state index is 5.73. The Labute approximate surface area is 56.5 Å². The molecule has 0 aromatic carbocycles. The number of rotatable bonds is 3. The SMILES string of the molecule is [CH2]CC(Cl)CC=CC. The van der Waals surface area contributed by atoms with Gasteiger partial charge in [-0.25, -0.2) is 0 Å². The summed E-state index contributed by atoms with van der Waals surface area (Å²) in [6, 6.07) is 0. The molecular weight excluding hydrogens is 120 g/mol. The summed E-state index contributed by atoms with van der Waals surface area (Å²) in [5.41, 5.74) is 0. The molecule has 0 N–H and O–H groups in total. The zero-order chi connectivity index (χ0) is 6.41. The summed E-state index contributed by atoms with van der Waals surface area (Å²) in [6.45, 7) is 5.67. The van der Waals surface area contributed by atoms with Gasteiger partial charge in [-0.2, -0.15) is 0 Å². The predicted molar refractivity (Wildman–Crippen MR) is 39.0 cm³/mol. The molecule has 0 saturated heterocycles. The highest BCUT2D eigenvalue weighted by molar-refractivity contribution is 6.20. The molecule has 0 aliphatic heterocycles. The third-order valence-electron chi connectivity index (χ3n) is 0.941. The van der Waals surface area contributed by atoms with Gasteiger partial charge in [0, 0.05) is 5.38 Å². The Kier molecular flexibility index (Phi) is 5.19. The largest absolute Gasteiger partial charge is 0.123 e. The van der Waals surface area contributed by atoms with Crippen LogP contribution in [-0.4, -0.2) is 5.38 Å². The van der Waals surface area contributed by atoms with Crippen LogP contribution in [0.1, 0.15) is 19.8 Å². The van der Waals surface area contributed by atoms with Crippen molar-refractivity contribution in [2.75, 3.05) is 0 Å². The minimum absolute atomic E-state index is 0.228. The van der Waals surface area contributed by atoms with Gasteiger partial charge < -0.3 is 0 Å².